The number of benzene rings is 3. The maximum atomic E-state index is 11.4. The molecule has 3 aromatic carbocycles. The number of carbonyl (C=O) groups is 2. The van der Waals surface area contributed by atoms with E-state index in [-0.39, 0.29) is 30.0 Å². The van der Waals surface area contributed by atoms with Crippen LogP contribution in [0.5, 0.6) is 11.5 Å². The molecule has 2 atom stereocenters. The number of carbonyl (C=O) groups excluding carboxylic acids is 1. The first kappa shape index (κ1) is 35.6. The van der Waals surface area contributed by atoms with Crippen molar-refractivity contribution in [3.8, 4) is 22.6 Å². The Bertz CT molecular complexity index is 1750. The number of likely N-dealkylation sites (tertiary alicyclic amines) is 1. The Morgan fingerprint density at radius 2 is 1.85 bits per heavy atom. The molecule has 1 aliphatic rings. The van der Waals surface area contributed by atoms with Crippen molar-refractivity contribution in [3.63, 3.8) is 0 Å². The van der Waals surface area contributed by atoms with Crippen molar-refractivity contribution in [2.24, 2.45) is 5.73 Å². The Morgan fingerprint density at radius 1 is 1.08 bits per heavy atom. The van der Waals surface area contributed by atoms with Gasteiger partial charge in [-0.3, -0.25) is 19.6 Å². The number of aliphatic hydroxyl groups is 2. The molecule has 0 spiro atoms. The fraction of sp³-hybridized carbons (Fsp3) is 0.382. The Hall–Kier alpha value is -3.72. The number of ether oxygens (including phenoxy) is 2. The number of nitrogens with one attached hydrogen (secondary N) is 1. The number of primary amides is 1. The summed E-state index contributed by atoms with van der Waals surface area (Å²) in [6, 6.07) is 14.0. The number of aliphatic hydroxyl groups excluding tert-OH is 2. The quantitative estimate of drug-likeness (QED) is 0.0998. The number of β-amino-alcohol motifs (C(OH)–C–C–N with tert-alkyl or cyclic N) is 1. The number of carboxylic acids is 1. The molecule has 0 bridgehead atoms. The van der Waals surface area contributed by atoms with Gasteiger partial charge in [-0.15, -0.1) is 0 Å². The van der Waals surface area contributed by atoms with E-state index in [9.17, 15) is 24.9 Å². The SMILES string of the molecule is NC(=O)COc1cc(OCc2cccc(-c3cccc4c3cnn4CCCCN3CC[C@@H](O)C3)c2Br)c(Cl)cc1CN[C@@H](CO)C(=O)O. The molecule has 256 valence electrons. The predicted octanol–water partition coefficient (Wildman–Crippen LogP) is 3.94. The molecule has 5 rings (SSSR count). The summed E-state index contributed by atoms with van der Waals surface area (Å²) in [7, 11) is 0. The van der Waals surface area contributed by atoms with Gasteiger partial charge < -0.3 is 35.4 Å². The number of hydrogen-bond acceptors (Lipinski definition) is 9. The molecule has 0 unspecified atom stereocenters. The highest BCUT2D eigenvalue weighted by molar-refractivity contribution is 9.10. The standard InChI is InChI=1S/C34H39BrClN5O7/c35-33-21(19-47-31-14-30(48-20-32(37)44)22(13-27(31)36)15-38-28(18-42)34(45)46)5-3-7-25(33)24-6-4-8-29-26(24)16-39-41(29)11-2-1-10-40-12-9-23(43)17-40/h3-8,13-14,16,23,28,38,42-43H,1-2,9-12,15,17-20H2,(H2,37,44)(H,45,46)/t23-,28+/m1/s1. The highest BCUT2D eigenvalue weighted by Gasteiger charge is 2.21. The van der Waals surface area contributed by atoms with Gasteiger partial charge in [0.25, 0.3) is 5.91 Å². The highest BCUT2D eigenvalue weighted by Crippen LogP contribution is 2.38. The van der Waals surface area contributed by atoms with Gasteiger partial charge in [0.1, 0.15) is 24.1 Å². The minimum Gasteiger partial charge on any atom is -0.487 e. The molecule has 6 N–H and O–H groups in total. The van der Waals surface area contributed by atoms with E-state index in [0.29, 0.717) is 11.3 Å². The van der Waals surface area contributed by atoms with Crippen LogP contribution in [-0.4, -0.2) is 86.9 Å². The lowest BCUT2D eigenvalue weighted by Crippen LogP contribution is -2.39. The highest BCUT2D eigenvalue weighted by atomic mass is 79.9. The van der Waals surface area contributed by atoms with Crippen molar-refractivity contribution in [1.29, 1.82) is 0 Å². The van der Waals surface area contributed by atoms with Crippen molar-refractivity contribution in [1.82, 2.24) is 20.0 Å². The topological polar surface area (TPSA) is 172 Å². The van der Waals surface area contributed by atoms with Crippen LogP contribution in [0.25, 0.3) is 22.0 Å². The van der Waals surface area contributed by atoms with Gasteiger partial charge in [0.15, 0.2) is 6.61 Å². The first-order valence-electron chi connectivity index (χ1n) is 15.7. The minimum atomic E-state index is -1.22. The van der Waals surface area contributed by atoms with E-state index >= 15 is 0 Å². The van der Waals surface area contributed by atoms with E-state index in [4.69, 9.17) is 31.9 Å². The largest absolute Gasteiger partial charge is 0.487 e. The van der Waals surface area contributed by atoms with Gasteiger partial charge in [-0.2, -0.15) is 5.10 Å². The predicted molar refractivity (Wildman–Crippen MR) is 185 cm³/mol. The van der Waals surface area contributed by atoms with Crippen LogP contribution in [0.4, 0.5) is 0 Å². The third-order valence-electron chi connectivity index (χ3n) is 8.29. The maximum absolute atomic E-state index is 11.4. The van der Waals surface area contributed by atoms with E-state index in [1.807, 2.05) is 35.1 Å². The van der Waals surface area contributed by atoms with Gasteiger partial charge in [-0.1, -0.05) is 41.9 Å². The number of aryl methyl sites for hydroxylation is 1. The van der Waals surface area contributed by atoms with Gasteiger partial charge in [0.2, 0.25) is 0 Å². The molecule has 1 amide bonds. The van der Waals surface area contributed by atoms with Crippen molar-refractivity contribution < 1.29 is 34.4 Å². The molecule has 48 heavy (non-hydrogen) atoms. The van der Waals surface area contributed by atoms with Crippen molar-refractivity contribution >= 4 is 50.3 Å². The fourth-order valence-electron chi connectivity index (χ4n) is 5.75. The van der Waals surface area contributed by atoms with Crippen LogP contribution < -0.4 is 20.5 Å². The number of rotatable bonds is 17. The molecule has 0 saturated carbocycles. The van der Waals surface area contributed by atoms with Gasteiger partial charge in [-0.25, -0.2) is 0 Å². The molecule has 1 fully saturated rings. The Morgan fingerprint density at radius 3 is 2.58 bits per heavy atom. The number of aromatic nitrogens is 2. The number of fused-ring (bicyclic) bond motifs is 1. The van der Waals surface area contributed by atoms with Crippen LogP contribution in [-0.2, 0) is 29.3 Å². The lowest BCUT2D eigenvalue weighted by molar-refractivity contribution is -0.140. The van der Waals surface area contributed by atoms with E-state index in [0.717, 1.165) is 77.5 Å². The lowest BCUT2D eigenvalue weighted by atomic mass is 10.00. The molecule has 0 aliphatic carbocycles. The number of halogens is 2. The van der Waals surface area contributed by atoms with Gasteiger partial charge >= 0.3 is 5.97 Å². The van der Waals surface area contributed by atoms with E-state index in [2.05, 4.69) is 38.3 Å². The summed E-state index contributed by atoms with van der Waals surface area (Å²) in [5.74, 6) is -1.38. The normalized spacial score (nSPS) is 15.5. The van der Waals surface area contributed by atoms with Crippen LogP contribution in [0.2, 0.25) is 5.02 Å². The third-order valence-corrected chi connectivity index (χ3v) is 9.52. The summed E-state index contributed by atoms with van der Waals surface area (Å²) in [6.45, 7) is 2.63. The Balaban J connectivity index is 1.30. The summed E-state index contributed by atoms with van der Waals surface area (Å²) >= 11 is 10.4. The van der Waals surface area contributed by atoms with Gasteiger partial charge in [0, 0.05) is 53.2 Å². The molecule has 2 heterocycles. The summed E-state index contributed by atoms with van der Waals surface area (Å²) in [6.07, 6.45) is 4.59. The van der Waals surface area contributed by atoms with Crippen LogP contribution >= 0.6 is 27.5 Å². The van der Waals surface area contributed by atoms with Crippen LogP contribution in [0.15, 0.2) is 59.2 Å². The smallest absolute Gasteiger partial charge is 0.323 e. The minimum absolute atomic E-state index is 0.00897. The number of hydrogen-bond donors (Lipinski definition) is 5. The van der Waals surface area contributed by atoms with E-state index in [1.54, 1.807) is 6.07 Å². The van der Waals surface area contributed by atoms with E-state index in [1.165, 1.54) is 6.07 Å². The Labute approximate surface area is 291 Å². The summed E-state index contributed by atoms with van der Waals surface area (Å²) in [5.41, 5.74) is 9.64. The molecule has 14 heteroatoms. The van der Waals surface area contributed by atoms with Gasteiger partial charge in [0.05, 0.1) is 29.4 Å². The number of unbranched alkanes of at least 4 members (excludes halogenated alkanes) is 1. The van der Waals surface area contributed by atoms with Crippen LogP contribution in [0.1, 0.15) is 30.4 Å². The number of amides is 1. The molecule has 0 radical (unpaired) electrons. The van der Waals surface area contributed by atoms with Crippen molar-refractivity contribution in [2.45, 2.75) is 51.1 Å². The second-order valence-electron chi connectivity index (χ2n) is 11.7. The van der Waals surface area contributed by atoms with E-state index < -0.39 is 31.1 Å². The molecule has 1 saturated heterocycles. The maximum Gasteiger partial charge on any atom is 0.323 e. The average molecular weight is 745 g/mol. The molecular formula is C34H39BrClN5O7. The number of aliphatic carboxylic acids is 1. The second kappa shape index (κ2) is 16.6. The molecule has 4 aromatic rings. The molecule has 1 aromatic heterocycles. The molecular weight excluding hydrogens is 706 g/mol. The first-order chi connectivity index (χ1) is 23.1. The van der Waals surface area contributed by atoms with Gasteiger partial charge in [-0.05, 0) is 65.0 Å². The first-order valence-corrected chi connectivity index (χ1v) is 16.9. The van der Waals surface area contributed by atoms with Crippen LogP contribution in [0.3, 0.4) is 0 Å². The summed E-state index contributed by atoms with van der Waals surface area (Å²) in [4.78, 5) is 25.1. The van der Waals surface area contributed by atoms with Crippen molar-refractivity contribution in [3.05, 3.63) is 75.4 Å². The van der Waals surface area contributed by atoms with Crippen LogP contribution in [0, 0.1) is 0 Å². The zero-order chi connectivity index (χ0) is 34.2. The third kappa shape index (κ3) is 8.84. The fourth-order valence-corrected chi connectivity index (χ4v) is 6.59. The monoisotopic (exact) mass is 743 g/mol. The lowest BCUT2D eigenvalue weighted by Gasteiger charge is -2.18. The number of nitrogens with two attached hydrogens (primary N) is 1. The second-order valence-corrected chi connectivity index (χ2v) is 12.9. The molecule has 1 aliphatic heterocycles. The zero-order valence-electron chi connectivity index (χ0n) is 26.3. The molecule has 12 nitrogen and oxygen atoms in total. The number of carboxylic acid groups (broad SMARTS) is 1. The van der Waals surface area contributed by atoms with Crippen molar-refractivity contribution in [2.75, 3.05) is 32.8 Å². The Kier molecular flexibility index (Phi) is 12.3. The average Bonchev–Trinajstić information content (AvgIpc) is 3.68. The zero-order valence-corrected chi connectivity index (χ0v) is 28.6. The number of nitrogens with zero attached hydrogens (tertiary/aromatic N) is 3. The summed E-state index contributed by atoms with van der Waals surface area (Å²) in [5, 5.41) is 37.1. The summed E-state index contributed by atoms with van der Waals surface area (Å²) < 4.78 is 14.6.